The molecule has 1 amide bonds. The first kappa shape index (κ1) is 24.3. The maximum Gasteiger partial charge on any atom is 0.410 e. The van der Waals surface area contributed by atoms with Crippen molar-refractivity contribution in [2.45, 2.75) is 51.3 Å². The first-order valence-corrected chi connectivity index (χ1v) is 10.8. The van der Waals surface area contributed by atoms with E-state index in [1.165, 1.54) is 6.92 Å². The van der Waals surface area contributed by atoms with Crippen LogP contribution < -0.4 is 5.73 Å². The third kappa shape index (κ3) is 5.51. The number of esters is 1. The molecule has 0 saturated carbocycles. The van der Waals surface area contributed by atoms with E-state index in [2.05, 4.69) is 0 Å². The van der Waals surface area contributed by atoms with Crippen molar-refractivity contribution >= 4 is 18.0 Å². The van der Waals surface area contributed by atoms with Crippen molar-refractivity contribution in [3.05, 3.63) is 59.7 Å². The van der Waals surface area contributed by atoms with E-state index in [-0.39, 0.29) is 19.1 Å². The molecule has 176 valence electrons. The molecule has 3 rings (SSSR count). The molecule has 0 aromatic heterocycles. The smallest absolute Gasteiger partial charge is 0.410 e. The monoisotopic (exact) mass is 454 g/mol. The van der Waals surface area contributed by atoms with Crippen LogP contribution in [-0.2, 0) is 19.1 Å². The van der Waals surface area contributed by atoms with Crippen molar-refractivity contribution in [2.24, 2.45) is 5.73 Å². The van der Waals surface area contributed by atoms with E-state index in [0.29, 0.717) is 0 Å². The Morgan fingerprint density at radius 2 is 1.55 bits per heavy atom. The van der Waals surface area contributed by atoms with Gasteiger partial charge in [0.25, 0.3) is 0 Å². The number of carboxylic acids is 1. The van der Waals surface area contributed by atoms with Gasteiger partial charge in [-0.3, -0.25) is 9.69 Å². The number of nitrogens with zero attached hydrogens (tertiary/aromatic N) is 1. The molecule has 0 saturated heterocycles. The highest BCUT2D eigenvalue weighted by molar-refractivity contribution is 5.82. The molecule has 0 bridgehead atoms. The van der Waals surface area contributed by atoms with Crippen molar-refractivity contribution in [1.29, 1.82) is 0 Å². The number of hydrogen-bond acceptors (Lipinski definition) is 6. The summed E-state index contributed by atoms with van der Waals surface area (Å²) in [5.74, 6) is -2.14. The maximum absolute atomic E-state index is 12.9. The molecule has 0 spiro atoms. The lowest BCUT2D eigenvalue weighted by Crippen LogP contribution is -2.52. The van der Waals surface area contributed by atoms with E-state index in [1.807, 2.05) is 48.5 Å². The molecule has 0 heterocycles. The van der Waals surface area contributed by atoms with Gasteiger partial charge in [0.05, 0.1) is 6.54 Å². The number of fused-ring (bicyclic) bond motifs is 3. The quantitative estimate of drug-likeness (QED) is 0.616. The summed E-state index contributed by atoms with van der Waals surface area (Å²) >= 11 is 0. The molecule has 2 aromatic carbocycles. The molecular weight excluding hydrogens is 424 g/mol. The molecule has 8 nitrogen and oxygen atoms in total. The SMILES string of the molecule is CC(C(=O)O)N(CC(N)C(=O)OC(C)(C)C)C(=O)OCC1c2ccccc2-c2ccccc21. The Morgan fingerprint density at radius 3 is 2.03 bits per heavy atom. The van der Waals surface area contributed by atoms with Gasteiger partial charge in [-0.2, -0.15) is 0 Å². The fourth-order valence-corrected chi connectivity index (χ4v) is 3.86. The van der Waals surface area contributed by atoms with E-state index in [4.69, 9.17) is 15.2 Å². The number of carbonyl (C=O) groups is 3. The first-order valence-electron chi connectivity index (χ1n) is 10.8. The standard InChI is InChI=1S/C25H30N2O6/c1-15(22(28)29)27(13-21(26)23(30)33-25(2,3)4)24(31)32-14-20-18-11-7-5-9-16(18)17-10-6-8-12-19(17)20/h5-12,15,20-21H,13-14,26H2,1-4H3,(H,28,29). The highest BCUT2D eigenvalue weighted by atomic mass is 16.6. The summed E-state index contributed by atoms with van der Waals surface area (Å²) in [4.78, 5) is 37.8. The van der Waals surface area contributed by atoms with Crippen molar-refractivity contribution in [3.63, 3.8) is 0 Å². The predicted molar refractivity (Wildman–Crippen MR) is 123 cm³/mol. The van der Waals surface area contributed by atoms with Crippen LogP contribution in [0, 0.1) is 0 Å². The highest BCUT2D eigenvalue weighted by Crippen LogP contribution is 2.44. The zero-order valence-electron chi connectivity index (χ0n) is 19.3. The highest BCUT2D eigenvalue weighted by Gasteiger charge is 2.34. The molecule has 3 N–H and O–H groups in total. The van der Waals surface area contributed by atoms with Gasteiger partial charge in [-0.05, 0) is 49.9 Å². The topological polar surface area (TPSA) is 119 Å². The number of carbonyl (C=O) groups excluding carboxylic acids is 2. The fourth-order valence-electron chi connectivity index (χ4n) is 3.86. The molecule has 2 unspecified atom stereocenters. The second-order valence-electron chi connectivity index (χ2n) is 9.11. The minimum Gasteiger partial charge on any atom is -0.480 e. The Balaban J connectivity index is 1.75. The zero-order valence-corrected chi connectivity index (χ0v) is 19.3. The largest absolute Gasteiger partial charge is 0.480 e. The Morgan fingerprint density at radius 1 is 1.03 bits per heavy atom. The van der Waals surface area contributed by atoms with Gasteiger partial charge in [0.15, 0.2) is 0 Å². The van der Waals surface area contributed by atoms with Crippen LogP contribution in [0.4, 0.5) is 4.79 Å². The molecule has 1 aliphatic rings. The molecule has 2 atom stereocenters. The number of benzene rings is 2. The van der Waals surface area contributed by atoms with Gasteiger partial charge in [0.2, 0.25) is 0 Å². The number of amides is 1. The maximum atomic E-state index is 12.9. The van der Waals surface area contributed by atoms with Gasteiger partial charge in [-0.25, -0.2) is 9.59 Å². The normalized spacial score (nSPS) is 14.6. The number of aliphatic carboxylic acids is 1. The van der Waals surface area contributed by atoms with Crippen LogP contribution >= 0.6 is 0 Å². The minimum absolute atomic E-state index is 0.0252. The predicted octanol–water partition coefficient (Wildman–Crippen LogP) is 3.38. The van der Waals surface area contributed by atoms with Gasteiger partial charge in [-0.15, -0.1) is 0 Å². The van der Waals surface area contributed by atoms with Crippen molar-refractivity contribution in [1.82, 2.24) is 4.90 Å². The zero-order chi connectivity index (χ0) is 24.3. The number of ether oxygens (including phenoxy) is 2. The van der Waals surface area contributed by atoms with Gasteiger partial charge in [-0.1, -0.05) is 48.5 Å². The van der Waals surface area contributed by atoms with E-state index >= 15 is 0 Å². The summed E-state index contributed by atoms with van der Waals surface area (Å²) < 4.78 is 10.8. The lowest BCUT2D eigenvalue weighted by atomic mass is 9.98. The average Bonchev–Trinajstić information content (AvgIpc) is 3.07. The van der Waals surface area contributed by atoms with Crippen molar-refractivity contribution < 1.29 is 29.0 Å². The van der Waals surface area contributed by atoms with E-state index < -0.39 is 35.7 Å². The van der Waals surface area contributed by atoms with Gasteiger partial charge in [0, 0.05) is 5.92 Å². The molecule has 8 heteroatoms. The fraction of sp³-hybridized carbons (Fsp3) is 0.400. The van der Waals surface area contributed by atoms with Crippen molar-refractivity contribution in [2.75, 3.05) is 13.2 Å². The summed E-state index contributed by atoms with van der Waals surface area (Å²) in [6, 6.07) is 13.3. The average molecular weight is 455 g/mol. The van der Waals surface area contributed by atoms with Crippen LogP contribution in [0.15, 0.2) is 48.5 Å². The lowest BCUT2D eigenvalue weighted by Gasteiger charge is -2.29. The first-order chi connectivity index (χ1) is 15.5. The van der Waals surface area contributed by atoms with Crippen LogP contribution in [0.1, 0.15) is 44.7 Å². The molecular formula is C25H30N2O6. The van der Waals surface area contributed by atoms with Crippen LogP contribution in [0.3, 0.4) is 0 Å². The Bertz CT molecular complexity index is 1000. The third-order valence-electron chi connectivity index (χ3n) is 5.50. The lowest BCUT2D eigenvalue weighted by molar-refractivity contribution is -0.157. The summed E-state index contributed by atoms with van der Waals surface area (Å²) in [5.41, 5.74) is 9.40. The summed E-state index contributed by atoms with van der Waals surface area (Å²) in [7, 11) is 0. The van der Waals surface area contributed by atoms with Crippen LogP contribution in [0.5, 0.6) is 0 Å². The summed E-state index contributed by atoms with van der Waals surface area (Å²) in [6.45, 7) is 6.10. The van der Waals surface area contributed by atoms with Crippen molar-refractivity contribution in [3.8, 4) is 11.1 Å². The number of nitrogens with two attached hydrogens (primary N) is 1. The Labute approximate surface area is 193 Å². The van der Waals surface area contributed by atoms with E-state index in [1.54, 1.807) is 20.8 Å². The third-order valence-corrected chi connectivity index (χ3v) is 5.50. The van der Waals surface area contributed by atoms with Gasteiger partial charge >= 0.3 is 18.0 Å². The molecule has 0 aliphatic heterocycles. The van der Waals surface area contributed by atoms with Crippen LogP contribution in [0.25, 0.3) is 11.1 Å². The second-order valence-corrected chi connectivity index (χ2v) is 9.11. The van der Waals surface area contributed by atoms with Gasteiger partial charge < -0.3 is 20.3 Å². The molecule has 2 aromatic rings. The number of rotatable bonds is 7. The van der Waals surface area contributed by atoms with Crippen LogP contribution in [0.2, 0.25) is 0 Å². The summed E-state index contributed by atoms with van der Waals surface area (Å²) in [5, 5.41) is 9.47. The minimum atomic E-state index is -1.24. The Kier molecular flexibility index (Phi) is 7.07. The molecule has 0 fully saturated rings. The van der Waals surface area contributed by atoms with Gasteiger partial charge in [0.1, 0.15) is 24.3 Å². The molecule has 33 heavy (non-hydrogen) atoms. The second kappa shape index (κ2) is 9.62. The van der Waals surface area contributed by atoms with E-state index in [9.17, 15) is 19.5 Å². The number of hydrogen-bond donors (Lipinski definition) is 2. The number of carboxylic acid groups (broad SMARTS) is 1. The summed E-state index contributed by atoms with van der Waals surface area (Å²) in [6.07, 6.45) is -0.856. The van der Waals surface area contributed by atoms with Crippen LogP contribution in [-0.4, -0.2) is 58.9 Å². The molecule has 0 radical (unpaired) electrons. The van der Waals surface area contributed by atoms with E-state index in [0.717, 1.165) is 27.2 Å². The molecule has 1 aliphatic carbocycles. The Hall–Kier alpha value is -3.39.